The first-order valence-corrected chi connectivity index (χ1v) is 12.6. The number of aliphatic carboxylic acids is 1. The van der Waals surface area contributed by atoms with Gasteiger partial charge in [0, 0.05) is 25.0 Å². The monoisotopic (exact) mass is 476 g/mol. The summed E-state index contributed by atoms with van der Waals surface area (Å²) in [7, 11) is 0. The Morgan fingerprint density at radius 1 is 1.00 bits per heavy atom. The number of nitrogens with zero attached hydrogens (tertiary/aromatic N) is 1. The molecule has 2 N–H and O–H groups in total. The van der Waals surface area contributed by atoms with Crippen LogP contribution in [0.25, 0.3) is 11.1 Å². The summed E-state index contributed by atoms with van der Waals surface area (Å²) >= 11 is 0. The number of carbonyl (C=O) groups is 3. The highest BCUT2D eigenvalue weighted by Gasteiger charge is 2.52. The van der Waals surface area contributed by atoms with Crippen LogP contribution in [0.15, 0.2) is 48.5 Å². The Morgan fingerprint density at radius 3 is 2.26 bits per heavy atom. The summed E-state index contributed by atoms with van der Waals surface area (Å²) in [6, 6.07) is 16.2. The molecule has 3 aliphatic rings. The Hall–Kier alpha value is -3.35. The summed E-state index contributed by atoms with van der Waals surface area (Å²) in [5, 5.41) is 12.1. The quantitative estimate of drug-likeness (QED) is 0.593. The van der Waals surface area contributed by atoms with Crippen LogP contribution in [0.3, 0.4) is 0 Å². The van der Waals surface area contributed by atoms with Gasteiger partial charge in [-0.3, -0.25) is 9.59 Å². The van der Waals surface area contributed by atoms with E-state index >= 15 is 0 Å². The van der Waals surface area contributed by atoms with Gasteiger partial charge in [0.25, 0.3) is 0 Å². The number of alkyl carbamates (subject to hydrolysis) is 1. The number of nitrogens with one attached hydrogen (secondary N) is 1. The summed E-state index contributed by atoms with van der Waals surface area (Å²) in [5.74, 6) is -0.819. The fourth-order valence-electron chi connectivity index (χ4n) is 6.50. The number of amides is 2. The lowest BCUT2D eigenvalue weighted by Gasteiger charge is -2.34. The normalized spacial score (nSPS) is 24.0. The molecule has 7 heteroatoms. The van der Waals surface area contributed by atoms with Crippen molar-refractivity contribution in [1.29, 1.82) is 0 Å². The maximum atomic E-state index is 13.4. The Bertz CT molecular complexity index is 1090. The first-order chi connectivity index (χ1) is 17.0. The Kier molecular flexibility index (Phi) is 6.50. The fourth-order valence-corrected chi connectivity index (χ4v) is 6.50. The van der Waals surface area contributed by atoms with E-state index in [1.165, 1.54) is 11.1 Å². The van der Waals surface area contributed by atoms with E-state index in [4.69, 9.17) is 9.84 Å². The van der Waals surface area contributed by atoms with Gasteiger partial charge in [-0.2, -0.15) is 0 Å². The predicted molar refractivity (Wildman–Crippen MR) is 131 cm³/mol. The summed E-state index contributed by atoms with van der Waals surface area (Å²) in [6.45, 7) is 2.74. The largest absolute Gasteiger partial charge is 0.481 e. The summed E-state index contributed by atoms with van der Waals surface area (Å²) in [6.07, 6.45) is 2.31. The second-order valence-electron chi connectivity index (χ2n) is 9.92. The van der Waals surface area contributed by atoms with Gasteiger partial charge >= 0.3 is 12.1 Å². The predicted octanol–water partition coefficient (Wildman–Crippen LogP) is 4.26. The van der Waals surface area contributed by atoms with E-state index in [2.05, 4.69) is 29.6 Å². The lowest BCUT2D eigenvalue weighted by Crippen LogP contribution is -2.51. The van der Waals surface area contributed by atoms with Crippen molar-refractivity contribution in [3.05, 3.63) is 59.7 Å². The molecule has 2 aromatic carbocycles. The summed E-state index contributed by atoms with van der Waals surface area (Å²) < 4.78 is 5.75. The van der Waals surface area contributed by atoms with Crippen LogP contribution in [0.4, 0.5) is 4.79 Å². The van der Waals surface area contributed by atoms with E-state index in [1.807, 2.05) is 31.2 Å². The van der Waals surface area contributed by atoms with Crippen LogP contribution in [0, 0.1) is 17.8 Å². The van der Waals surface area contributed by atoms with Crippen LogP contribution in [-0.4, -0.2) is 53.7 Å². The highest BCUT2D eigenvalue weighted by molar-refractivity contribution is 5.82. The van der Waals surface area contributed by atoms with Gasteiger partial charge in [-0.05, 0) is 60.3 Å². The molecule has 184 valence electrons. The number of hydrogen-bond donors (Lipinski definition) is 2. The van der Waals surface area contributed by atoms with Crippen molar-refractivity contribution >= 4 is 18.0 Å². The molecule has 0 spiro atoms. The number of benzene rings is 2. The van der Waals surface area contributed by atoms with Crippen LogP contribution >= 0.6 is 0 Å². The molecule has 0 radical (unpaired) electrons. The molecule has 2 fully saturated rings. The third-order valence-corrected chi connectivity index (χ3v) is 8.12. The molecule has 0 heterocycles. The van der Waals surface area contributed by atoms with Gasteiger partial charge in [-0.15, -0.1) is 0 Å². The van der Waals surface area contributed by atoms with Gasteiger partial charge in [-0.1, -0.05) is 48.5 Å². The third kappa shape index (κ3) is 4.40. The van der Waals surface area contributed by atoms with E-state index in [0.717, 1.165) is 30.4 Å². The van der Waals surface area contributed by atoms with Crippen LogP contribution in [0.1, 0.15) is 49.7 Å². The second-order valence-corrected chi connectivity index (χ2v) is 9.92. The van der Waals surface area contributed by atoms with Gasteiger partial charge in [0.15, 0.2) is 0 Å². The highest BCUT2D eigenvalue weighted by atomic mass is 16.5. The number of ether oxygens (including phenoxy) is 1. The number of rotatable bonds is 8. The van der Waals surface area contributed by atoms with Crippen LogP contribution in [0.5, 0.6) is 0 Å². The number of carboxylic acid groups (broad SMARTS) is 1. The minimum Gasteiger partial charge on any atom is -0.481 e. The van der Waals surface area contributed by atoms with Gasteiger partial charge in [-0.25, -0.2) is 4.79 Å². The van der Waals surface area contributed by atoms with Crippen LogP contribution < -0.4 is 5.32 Å². The summed E-state index contributed by atoms with van der Waals surface area (Å²) in [5.41, 5.74) is 4.67. The minimum absolute atomic E-state index is 0.0165. The molecule has 4 unspecified atom stereocenters. The fraction of sp³-hybridized carbons (Fsp3) is 0.464. The van der Waals surface area contributed by atoms with E-state index in [1.54, 1.807) is 4.90 Å². The number of hydrogen-bond acceptors (Lipinski definition) is 4. The first-order valence-electron chi connectivity index (χ1n) is 12.6. The molecular weight excluding hydrogens is 444 g/mol. The maximum Gasteiger partial charge on any atom is 0.407 e. The van der Waals surface area contributed by atoms with Crippen molar-refractivity contribution in [3.63, 3.8) is 0 Å². The highest BCUT2D eigenvalue weighted by Crippen LogP contribution is 2.49. The van der Waals surface area contributed by atoms with Crippen LogP contribution in [0.2, 0.25) is 0 Å². The number of carbonyl (C=O) groups excluding carboxylic acids is 2. The van der Waals surface area contributed by atoms with Crippen molar-refractivity contribution in [3.8, 4) is 11.1 Å². The van der Waals surface area contributed by atoms with E-state index in [-0.39, 0.29) is 55.2 Å². The lowest BCUT2D eigenvalue weighted by molar-refractivity contribution is -0.140. The molecule has 2 bridgehead atoms. The van der Waals surface area contributed by atoms with Gasteiger partial charge in [0.05, 0.1) is 12.3 Å². The van der Waals surface area contributed by atoms with Gasteiger partial charge in [0.1, 0.15) is 6.61 Å². The average molecular weight is 477 g/mol. The molecule has 35 heavy (non-hydrogen) atoms. The topological polar surface area (TPSA) is 95.9 Å². The SMILES string of the molecule is CCN(CCC(=O)O)C(=O)C1C2CCC(C2)C1NC(=O)OCC1c2ccccc2-c2ccccc21. The van der Waals surface area contributed by atoms with E-state index < -0.39 is 12.1 Å². The molecule has 7 nitrogen and oxygen atoms in total. The van der Waals surface area contributed by atoms with E-state index in [9.17, 15) is 14.4 Å². The van der Waals surface area contributed by atoms with Crippen molar-refractivity contribution < 1.29 is 24.2 Å². The first kappa shape index (κ1) is 23.4. The minimum atomic E-state index is -0.919. The van der Waals surface area contributed by atoms with Crippen molar-refractivity contribution in [2.75, 3.05) is 19.7 Å². The Labute approximate surface area is 205 Å². The number of fused-ring (bicyclic) bond motifs is 5. The van der Waals surface area contributed by atoms with Crippen LogP contribution in [-0.2, 0) is 14.3 Å². The van der Waals surface area contributed by atoms with Crippen molar-refractivity contribution in [2.24, 2.45) is 17.8 Å². The molecule has 3 aliphatic carbocycles. The molecule has 2 saturated carbocycles. The Balaban J connectivity index is 1.26. The molecule has 5 rings (SSSR count). The molecule has 0 aromatic heterocycles. The smallest absolute Gasteiger partial charge is 0.407 e. The molecule has 4 atom stereocenters. The van der Waals surface area contributed by atoms with Crippen molar-refractivity contribution in [1.82, 2.24) is 10.2 Å². The zero-order valence-electron chi connectivity index (χ0n) is 20.0. The second kappa shape index (κ2) is 9.72. The van der Waals surface area contributed by atoms with Gasteiger partial charge in [0.2, 0.25) is 5.91 Å². The average Bonchev–Trinajstić information content (AvgIpc) is 3.55. The molecule has 0 aliphatic heterocycles. The molecule has 2 amide bonds. The Morgan fingerprint density at radius 2 is 1.63 bits per heavy atom. The maximum absolute atomic E-state index is 13.4. The van der Waals surface area contributed by atoms with E-state index in [0.29, 0.717) is 6.54 Å². The summed E-state index contributed by atoms with van der Waals surface area (Å²) in [4.78, 5) is 38.9. The molecule has 0 saturated heterocycles. The lowest BCUT2D eigenvalue weighted by atomic mass is 9.83. The van der Waals surface area contributed by atoms with Crippen molar-refractivity contribution in [2.45, 2.75) is 44.6 Å². The third-order valence-electron chi connectivity index (χ3n) is 8.12. The van der Waals surface area contributed by atoms with Gasteiger partial charge < -0.3 is 20.1 Å². The number of carboxylic acids is 1. The zero-order chi connectivity index (χ0) is 24.5. The molecule has 2 aromatic rings. The molecular formula is C28H32N2O5. The standard InChI is InChI=1S/C28H32N2O5/c1-2-30(14-13-24(31)32)27(33)25-17-11-12-18(15-17)26(25)29-28(34)35-16-23-21-9-5-3-7-19(21)20-8-4-6-10-22(20)23/h3-10,17-18,23,25-26H,2,11-16H2,1H3,(H,29,34)(H,31,32). The zero-order valence-corrected chi connectivity index (χ0v) is 20.0.